The Bertz CT molecular complexity index is 637. The van der Waals surface area contributed by atoms with Crippen molar-refractivity contribution in [1.29, 1.82) is 0 Å². The van der Waals surface area contributed by atoms with Crippen LogP contribution < -0.4 is 5.32 Å². The van der Waals surface area contributed by atoms with Crippen molar-refractivity contribution in [3.63, 3.8) is 0 Å². The van der Waals surface area contributed by atoms with Crippen LogP contribution in [0.2, 0.25) is 0 Å². The van der Waals surface area contributed by atoms with Crippen LogP contribution in [0.15, 0.2) is 0 Å². The quantitative estimate of drug-likeness (QED) is 0.586. The molecule has 0 aromatic carbocycles. The fraction of sp³-hybridized carbons (Fsp3) is 0.789. The normalized spacial score (nSPS) is 31.2. The van der Waals surface area contributed by atoms with E-state index in [2.05, 4.69) is 12.2 Å². The van der Waals surface area contributed by atoms with Gasteiger partial charge in [-0.15, -0.1) is 0 Å². The number of ether oxygens (including phenoxy) is 1. The smallest absolute Gasteiger partial charge is 0.326 e. The summed E-state index contributed by atoms with van der Waals surface area (Å²) in [5.41, 5.74) is -0.893. The van der Waals surface area contributed by atoms with Gasteiger partial charge in [-0.1, -0.05) is 26.7 Å². The Balaban J connectivity index is 1.52. The molecular weight excluding hydrogens is 350 g/mol. The third-order valence-electron chi connectivity index (χ3n) is 6.16. The van der Waals surface area contributed by atoms with Gasteiger partial charge in [0.2, 0.25) is 0 Å². The number of amides is 4. The number of nitrogens with one attached hydrogen (secondary N) is 1. The first-order valence-electron chi connectivity index (χ1n) is 9.91. The standard InChI is InChI=1S/C19H29N3O5/c1-13-6-5-9-21(10-13)15(23)12-27-16(24)11-22-17(25)19(20-18(22)26)8-4-3-7-14(19)2/h13-14H,3-12H2,1-2H3,(H,20,26)/t13-,14+,19-/m1/s1. The highest BCUT2D eigenvalue weighted by Crippen LogP contribution is 2.38. The number of nitrogens with zero attached hydrogens (tertiary/aromatic N) is 2. The number of hydrogen-bond acceptors (Lipinski definition) is 5. The van der Waals surface area contributed by atoms with E-state index in [0.29, 0.717) is 25.4 Å². The van der Waals surface area contributed by atoms with E-state index in [1.807, 2.05) is 6.92 Å². The molecule has 8 heteroatoms. The number of carbonyl (C=O) groups is 4. The summed E-state index contributed by atoms with van der Waals surface area (Å²) in [6.07, 6.45) is 5.41. The van der Waals surface area contributed by atoms with Gasteiger partial charge in [0.05, 0.1) is 0 Å². The number of likely N-dealkylation sites (tertiary alicyclic amines) is 1. The van der Waals surface area contributed by atoms with Gasteiger partial charge in [-0.2, -0.15) is 0 Å². The fourth-order valence-electron chi connectivity index (χ4n) is 4.46. The maximum atomic E-state index is 12.8. The highest BCUT2D eigenvalue weighted by atomic mass is 16.5. The van der Waals surface area contributed by atoms with Crippen molar-refractivity contribution >= 4 is 23.8 Å². The minimum Gasteiger partial charge on any atom is -0.454 e. The lowest BCUT2D eigenvalue weighted by Gasteiger charge is -2.36. The molecular formula is C19H29N3O5. The maximum Gasteiger partial charge on any atom is 0.326 e. The summed E-state index contributed by atoms with van der Waals surface area (Å²) < 4.78 is 5.05. The number of imide groups is 1. The van der Waals surface area contributed by atoms with Gasteiger partial charge in [-0.3, -0.25) is 19.3 Å². The van der Waals surface area contributed by atoms with Crippen molar-refractivity contribution in [3.8, 4) is 0 Å². The van der Waals surface area contributed by atoms with Gasteiger partial charge in [0.1, 0.15) is 12.1 Å². The van der Waals surface area contributed by atoms with Gasteiger partial charge >= 0.3 is 12.0 Å². The number of rotatable bonds is 4. The largest absolute Gasteiger partial charge is 0.454 e. The van der Waals surface area contributed by atoms with Gasteiger partial charge < -0.3 is 15.0 Å². The molecule has 0 unspecified atom stereocenters. The molecule has 1 N–H and O–H groups in total. The van der Waals surface area contributed by atoms with Gasteiger partial charge in [0, 0.05) is 13.1 Å². The number of esters is 1. The van der Waals surface area contributed by atoms with E-state index in [4.69, 9.17) is 4.74 Å². The number of hydrogen-bond donors (Lipinski definition) is 1. The molecule has 3 atom stereocenters. The average Bonchev–Trinajstić information content (AvgIpc) is 2.87. The SMILES string of the molecule is C[C@@H]1CCCN(C(=O)COC(=O)CN2C(=O)N[C@@]3(CCCC[C@@H]3C)C2=O)C1. The zero-order valence-electron chi connectivity index (χ0n) is 16.2. The molecule has 0 bridgehead atoms. The second kappa shape index (κ2) is 7.86. The molecule has 2 heterocycles. The van der Waals surface area contributed by atoms with Crippen LogP contribution in [-0.4, -0.2) is 65.4 Å². The molecule has 3 fully saturated rings. The number of carbonyl (C=O) groups excluding carboxylic acids is 4. The van der Waals surface area contributed by atoms with Crippen molar-refractivity contribution in [2.75, 3.05) is 26.2 Å². The summed E-state index contributed by atoms with van der Waals surface area (Å²) >= 11 is 0. The van der Waals surface area contributed by atoms with Gasteiger partial charge in [-0.25, -0.2) is 4.79 Å². The lowest BCUT2D eigenvalue weighted by Crippen LogP contribution is -2.54. The molecule has 1 aliphatic carbocycles. The van der Waals surface area contributed by atoms with E-state index in [1.54, 1.807) is 4.90 Å². The Labute approximate surface area is 159 Å². The van der Waals surface area contributed by atoms with Crippen LogP contribution in [0, 0.1) is 11.8 Å². The van der Waals surface area contributed by atoms with Crippen molar-refractivity contribution in [2.45, 2.75) is 57.9 Å². The first-order chi connectivity index (χ1) is 12.8. The topological polar surface area (TPSA) is 96.0 Å². The Morgan fingerprint density at radius 2 is 1.96 bits per heavy atom. The molecule has 2 saturated heterocycles. The lowest BCUT2D eigenvalue weighted by atomic mass is 9.73. The van der Waals surface area contributed by atoms with Crippen molar-refractivity contribution in [2.24, 2.45) is 11.8 Å². The number of urea groups is 1. The van der Waals surface area contributed by atoms with E-state index in [0.717, 1.165) is 37.0 Å². The van der Waals surface area contributed by atoms with Crippen LogP contribution in [-0.2, 0) is 19.1 Å². The van der Waals surface area contributed by atoms with E-state index in [9.17, 15) is 19.2 Å². The second-order valence-corrected chi connectivity index (χ2v) is 8.19. The minimum absolute atomic E-state index is 0.0337. The minimum atomic E-state index is -0.893. The Kier molecular flexibility index (Phi) is 5.72. The first kappa shape index (κ1) is 19.6. The van der Waals surface area contributed by atoms with Gasteiger partial charge in [0.25, 0.3) is 11.8 Å². The van der Waals surface area contributed by atoms with Crippen molar-refractivity contribution < 1.29 is 23.9 Å². The maximum absolute atomic E-state index is 12.8. The molecule has 3 aliphatic rings. The molecule has 0 radical (unpaired) electrons. The van der Waals surface area contributed by atoms with Crippen LogP contribution in [0.4, 0.5) is 4.79 Å². The zero-order chi connectivity index (χ0) is 19.6. The highest BCUT2D eigenvalue weighted by Gasteiger charge is 2.55. The third kappa shape index (κ3) is 3.94. The molecule has 2 aliphatic heterocycles. The van der Waals surface area contributed by atoms with E-state index in [-0.39, 0.29) is 24.3 Å². The molecule has 4 amide bonds. The van der Waals surface area contributed by atoms with E-state index >= 15 is 0 Å². The molecule has 1 spiro atoms. The predicted molar refractivity (Wildman–Crippen MR) is 96.5 cm³/mol. The Hall–Kier alpha value is -2.12. The molecule has 0 aromatic heterocycles. The molecule has 150 valence electrons. The van der Waals surface area contributed by atoms with Crippen molar-refractivity contribution in [1.82, 2.24) is 15.1 Å². The van der Waals surface area contributed by atoms with Gasteiger partial charge in [-0.05, 0) is 37.5 Å². The summed E-state index contributed by atoms with van der Waals surface area (Å²) in [6, 6.07) is -0.554. The van der Waals surface area contributed by atoms with Crippen LogP contribution in [0.5, 0.6) is 0 Å². The van der Waals surface area contributed by atoms with Crippen LogP contribution in [0.1, 0.15) is 52.4 Å². The van der Waals surface area contributed by atoms with E-state index in [1.165, 1.54) is 0 Å². The summed E-state index contributed by atoms with van der Waals surface area (Å²) in [6.45, 7) is 4.58. The van der Waals surface area contributed by atoms with Crippen molar-refractivity contribution in [3.05, 3.63) is 0 Å². The summed E-state index contributed by atoms with van der Waals surface area (Å²) in [7, 11) is 0. The summed E-state index contributed by atoms with van der Waals surface area (Å²) in [5.74, 6) is -0.848. The summed E-state index contributed by atoms with van der Waals surface area (Å²) in [4.78, 5) is 52.0. The zero-order valence-corrected chi connectivity index (χ0v) is 16.2. The van der Waals surface area contributed by atoms with E-state index < -0.39 is 24.1 Å². The average molecular weight is 379 g/mol. The van der Waals surface area contributed by atoms with Crippen LogP contribution in [0.3, 0.4) is 0 Å². The lowest BCUT2D eigenvalue weighted by molar-refractivity contribution is -0.154. The highest BCUT2D eigenvalue weighted by molar-refractivity contribution is 6.09. The van der Waals surface area contributed by atoms with Gasteiger partial charge in [0.15, 0.2) is 6.61 Å². The second-order valence-electron chi connectivity index (χ2n) is 8.19. The molecule has 3 rings (SSSR count). The Morgan fingerprint density at radius 3 is 2.67 bits per heavy atom. The predicted octanol–water partition coefficient (Wildman–Crippen LogP) is 1.29. The molecule has 27 heavy (non-hydrogen) atoms. The van der Waals surface area contributed by atoms with Crippen LogP contribution >= 0.6 is 0 Å². The first-order valence-corrected chi connectivity index (χ1v) is 9.91. The Morgan fingerprint density at radius 1 is 1.19 bits per heavy atom. The third-order valence-corrected chi connectivity index (χ3v) is 6.16. The summed E-state index contributed by atoms with van der Waals surface area (Å²) in [5, 5.41) is 2.80. The molecule has 8 nitrogen and oxygen atoms in total. The molecule has 0 aromatic rings. The molecule has 1 saturated carbocycles. The van der Waals surface area contributed by atoms with Crippen LogP contribution in [0.25, 0.3) is 0 Å². The monoisotopic (exact) mass is 379 g/mol. The number of piperidine rings is 1. The fourth-order valence-corrected chi connectivity index (χ4v) is 4.46.